The summed E-state index contributed by atoms with van der Waals surface area (Å²) >= 11 is 0. The van der Waals surface area contributed by atoms with Crippen molar-refractivity contribution in [2.45, 2.75) is 31.7 Å². The molecule has 0 aliphatic carbocycles. The van der Waals surface area contributed by atoms with Crippen molar-refractivity contribution >= 4 is 24.0 Å². The first-order valence-corrected chi connectivity index (χ1v) is 6.63. The molecule has 5 nitrogen and oxygen atoms in total. The summed E-state index contributed by atoms with van der Waals surface area (Å²) in [6.45, 7) is 3.09. The van der Waals surface area contributed by atoms with Crippen molar-refractivity contribution in [2.24, 2.45) is 0 Å². The number of rotatable bonds is 2. The lowest BCUT2D eigenvalue weighted by Crippen LogP contribution is -2.54. The first-order chi connectivity index (χ1) is 9.17. The van der Waals surface area contributed by atoms with E-state index in [4.69, 9.17) is 9.47 Å². The van der Waals surface area contributed by atoms with E-state index in [2.05, 4.69) is 10.6 Å². The molecule has 1 saturated heterocycles. The Labute approximate surface area is 124 Å². The molecule has 1 fully saturated rings. The number of amides is 1. The number of nitrogens with one attached hydrogen (secondary N) is 2. The van der Waals surface area contributed by atoms with Gasteiger partial charge in [-0.2, -0.15) is 0 Å². The predicted octanol–water partition coefficient (Wildman–Crippen LogP) is 2.31. The Morgan fingerprint density at radius 2 is 2.10 bits per heavy atom. The van der Waals surface area contributed by atoms with Crippen LogP contribution in [0.1, 0.15) is 26.2 Å². The number of fused-ring (bicyclic) bond motifs is 1. The van der Waals surface area contributed by atoms with Gasteiger partial charge < -0.3 is 20.1 Å². The summed E-state index contributed by atoms with van der Waals surface area (Å²) in [7, 11) is 0. The molecule has 0 aromatic heterocycles. The van der Waals surface area contributed by atoms with Gasteiger partial charge in [0.15, 0.2) is 11.5 Å². The lowest BCUT2D eigenvalue weighted by Gasteiger charge is -2.33. The maximum absolute atomic E-state index is 12.3. The van der Waals surface area contributed by atoms with Crippen molar-refractivity contribution in [3.8, 4) is 11.5 Å². The first-order valence-electron chi connectivity index (χ1n) is 6.63. The van der Waals surface area contributed by atoms with E-state index in [0.29, 0.717) is 5.75 Å². The fourth-order valence-corrected chi connectivity index (χ4v) is 2.49. The number of benzene rings is 1. The Hall–Kier alpha value is -1.46. The van der Waals surface area contributed by atoms with E-state index in [1.165, 1.54) is 0 Å². The number of carbonyl (C=O) groups is 1. The summed E-state index contributed by atoms with van der Waals surface area (Å²) in [6, 6.07) is 5.44. The number of hydrogen-bond acceptors (Lipinski definition) is 4. The molecule has 0 spiro atoms. The average Bonchev–Trinajstić information content (AvgIpc) is 2.87. The molecule has 110 valence electrons. The van der Waals surface area contributed by atoms with E-state index in [0.717, 1.165) is 37.2 Å². The highest BCUT2D eigenvalue weighted by atomic mass is 35.5. The van der Waals surface area contributed by atoms with Crippen LogP contribution in [0.3, 0.4) is 0 Å². The third-order valence-corrected chi connectivity index (χ3v) is 3.75. The number of piperidine rings is 1. The number of anilines is 1. The van der Waals surface area contributed by atoms with Crippen LogP contribution >= 0.6 is 12.4 Å². The molecule has 0 radical (unpaired) electrons. The van der Waals surface area contributed by atoms with Gasteiger partial charge in [-0.15, -0.1) is 12.4 Å². The van der Waals surface area contributed by atoms with Gasteiger partial charge in [0.25, 0.3) is 0 Å². The fourth-order valence-electron chi connectivity index (χ4n) is 2.49. The van der Waals surface area contributed by atoms with Crippen LogP contribution < -0.4 is 20.1 Å². The number of ether oxygens (including phenoxy) is 2. The van der Waals surface area contributed by atoms with Crippen molar-refractivity contribution in [3.63, 3.8) is 0 Å². The molecule has 2 N–H and O–H groups in total. The zero-order valence-corrected chi connectivity index (χ0v) is 12.2. The van der Waals surface area contributed by atoms with Crippen molar-refractivity contribution in [3.05, 3.63) is 18.2 Å². The Morgan fingerprint density at radius 1 is 1.30 bits per heavy atom. The SMILES string of the molecule is CC1(C(=O)Nc2ccc3c(c2)OCO3)CCCCN1.Cl. The largest absolute Gasteiger partial charge is 0.454 e. The second kappa shape index (κ2) is 5.89. The van der Waals surface area contributed by atoms with E-state index in [-0.39, 0.29) is 25.1 Å². The molecule has 3 rings (SSSR count). The number of hydrogen-bond donors (Lipinski definition) is 2. The van der Waals surface area contributed by atoms with Crippen molar-refractivity contribution in [1.29, 1.82) is 0 Å². The smallest absolute Gasteiger partial charge is 0.244 e. The van der Waals surface area contributed by atoms with Crippen molar-refractivity contribution in [1.82, 2.24) is 5.32 Å². The fraction of sp³-hybridized carbons (Fsp3) is 0.500. The molecule has 1 unspecified atom stereocenters. The third-order valence-electron chi connectivity index (χ3n) is 3.75. The van der Waals surface area contributed by atoms with Gasteiger partial charge in [-0.05, 0) is 44.9 Å². The van der Waals surface area contributed by atoms with Gasteiger partial charge in [0.1, 0.15) is 0 Å². The van der Waals surface area contributed by atoms with Crippen LogP contribution in [0.2, 0.25) is 0 Å². The molecule has 1 atom stereocenters. The summed E-state index contributed by atoms with van der Waals surface area (Å²) in [5, 5.41) is 6.24. The van der Waals surface area contributed by atoms with Crippen LogP contribution in [-0.2, 0) is 4.79 Å². The van der Waals surface area contributed by atoms with Gasteiger partial charge in [0.05, 0.1) is 5.54 Å². The minimum absolute atomic E-state index is 0. The van der Waals surface area contributed by atoms with Gasteiger partial charge in [0, 0.05) is 11.8 Å². The second-order valence-electron chi connectivity index (χ2n) is 5.24. The highest BCUT2D eigenvalue weighted by molar-refractivity contribution is 5.98. The van der Waals surface area contributed by atoms with Crippen molar-refractivity contribution in [2.75, 3.05) is 18.7 Å². The second-order valence-corrected chi connectivity index (χ2v) is 5.24. The molecule has 6 heteroatoms. The minimum Gasteiger partial charge on any atom is -0.454 e. The van der Waals surface area contributed by atoms with Gasteiger partial charge in [-0.25, -0.2) is 0 Å². The Balaban J connectivity index is 0.00000147. The molecule has 1 amide bonds. The molecule has 0 bridgehead atoms. The van der Waals surface area contributed by atoms with Crippen LogP contribution in [-0.4, -0.2) is 24.8 Å². The van der Waals surface area contributed by atoms with E-state index in [1.807, 2.05) is 19.1 Å². The number of halogens is 1. The maximum Gasteiger partial charge on any atom is 0.244 e. The number of carbonyl (C=O) groups excluding carboxylic acids is 1. The van der Waals surface area contributed by atoms with Crippen molar-refractivity contribution < 1.29 is 14.3 Å². The van der Waals surface area contributed by atoms with Gasteiger partial charge in [0.2, 0.25) is 12.7 Å². The summed E-state index contributed by atoms with van der Waals surface area (Å²) in [5.41, 5.74) is 0.261. The average molecular weight is 299 g/mol. The Kier molecular flexibility index (Phi) is 4.40. The van der Waals surface area contributed by atoms with Crippen LogP contribution in [0.15, 0.2) is 18.2 Å². The van der Waals surface area contributed by atoms with Crippen LogP contribution in [0, 0.1) is 0 Å². The summed E-state index contributed by atoms with van der Waals surface area (Å²) < 4.78 is 10.5. The zero-order valence-electron chi connectivity index (χ0n) is 11.4. The quantitative estimate of drug-likeness (QED) is 0.879. The van der Waals surface area contributed by atoms with Gasteiger partial charge in [-0.1, -0.05) is 0 Å². The zero-order chi connectivity index (χ0) is 13.3. The van der Waals surface area contributed by atoms with E-state index < -0.39 is 5.54 Å². The molecule has 2 aliphatic rings. The van der Waals surface area contributed by atoms with Crippen LogP contribution in [0.4, 0.5) is 5.69 Å². The Morgan fingerprint density at radius 3 is 2.85 bits per heavy atom. The molecule has 1 aromatic rings. The molecular weight excluding hydrogens is 280 g/mol. The highest BCUT2D eigenvalue weighted by Crippen LogP contribution is 2.34. The van der Waals surface area contributed by atoms with Gasteiger partial charge >= 0.3 is 0 Å². The topological polar surface area (TPSA) is 59.6 Å². The summed E-state index contributed by atoms with van der Waals surface area (Å²) in [5.74, 6) is 1.41. The Bertz CT molecular complexity index is 501. The standard InChI is InChI=1S/C14H18N2O3.ClH/c1-14(6-2-3-7-15-14)13(17)16-10-4-5-11-12(8-10)19-9-18-11;/h4-5,8,15H,2-3,6-7,9H2,1H3,(H,16,17);1H. The predicted molar refractivity (Wildman–Crippen MR) is 78.7 cm³/mol. The van der Waals surface area contributed by atoms with Gasteiger partial charge in [-0.3, -0.25) is 4.79 Å². The lowest BCUT2D eigenvalue weighted by molar-refractivity contribution is -0.122. The van der Waals surface area contributed by atoms with Crippen LogP contribution in [0.5, 0.6) is 11.5 Å². The summed E-state index contributed by atoms with van der Waals surface area (Å²) in [6.07, 6.45) is 3.08. The molecular formula is C14H19ClN2O3. The lowest BCUT2D eigenvalue weighted by atomic mass is 9.90. The molecule has 1 aromatic carbocycles. The maximum atomic E-state index is 12.3. The third kappa shape index (κ3) is 2.83. The monoisotopic (exact) mass is 298 g/mol. The van der Waals surface area contributed by atoms with Crippen LogP contribution in [0.25, 0.3) is 0 Å². The van der Waals surface area contributed by atoms with E-state index in [1.54, 1.807) is 6.07 Å². The minimum atomic E-state index is -0.478. The molecule has 2 heterocycles. The first kappa shape index (κ1) is 14.9. The highest BCUT2D eigenvalue weighted by Gasteiger charge is 2.34. The van der Waals surface area contributed by atoms with E-state index >= 15 is 0 Å². The normalized spacial score (nSPS) is 23.9. The molecule has 20 heavy (non-hydrogen) atoms. The molecule has 2 aliphatic heterocycles. The molecule has 0 saturated carbocycles. The summed E-state index contributed by atoms with van der Waals surface area (Å²) in [4.78, 5) is 12.3. The van der Waals surface area contributed by atoms with E-state index in [9.17, 15) is 4.79 Å².